The number of hydrogen-bond donors (Lipinski definition) is 0. The van der Waals surface area contributed by atoms with Gasteiger partial charge in [-0.2, -0.15) is 5.10 Å². The molecule has 0 atom stereocenters. The molecule has 4 aromatic rings. The third-order valence-corrected chi connectivity index (χ3v) is 6.97. The zero-order valence-corrected chi connectivity index (χ0v) is 19.8. The molecule has 5 rings (SSSR count). The summed E-state index contributed by atoms with van der Waals surface area (Å²) in [5.74, 6) is 0. The molecule has 3 aromatic carbocycles. The van der Waals surface area contributed by atoms with Gasteiger partial charge in [-0.05, 0) is 47.7 Å². The Morgan fingerprint density at radius 1 is 0.939 bits per heavy atom. The highest BCUT2D eigenvalue weighted by Crippen LogP contribution is 2.36. The van der Waals surface area contributed by atoms with E-state index >= 15 is 0 Å². The lowest BCUT2D eigenvalue weighted by atomic mass is 10.1. The first kappa shape index (κ1) is 21.6. The molecule has 4 nitrogen and oxygen atoms in total. The van der Waals surface area contributed by atoms with Gasteiger partial charge in [0.1, 0.15) is 4.99 Å². The van der Waals surface area contributed by atoms with E-state index in [4.69, 9.17) is 28.9 Å². The molecular formula is C26H18ClN3OS2. The van der Waals surface area contributed by atoms with E-state index in [1.165, 1.54) is 0 Å². The Morgan fingerprint density at radius 3 is 2.30 bits per heavy atom. The van der Waals surface area contributed by atoms with Crippen LogP contribution in [-0.2, 0) is 6.54 Å². The molecule has 2 heterocycles. The van der Waals surface area contributed by atoms with Crippen molar-refractivity contribution in [2.75, 3.05) is 0 Å². The number of halogens is 1. The average Bonchev–Trinajstić information content (AvgIpc) is 3.38. The molecule has 7 heteroatoms. The first-order chi connectivity index (χ1) is 16.1. The van der Waals surface area contributed by atoms with Gasteiger partial charge in [-0.3, -0.25) is 9.69 Å². The van der Waals surface area contributed by atoms with Crippen LogP contribution < -0.4 is 0 Å². The van der Waals surface area contributed by atoms with Gasteiger partial charge in [0.25, 0.3) is 5.24 Å². The monoisotopic (exact) mass is 487 g/mol. The van der Waals surface area contributed by atoms with Crippen LogP contribution in [0.3, 0.4) is 0 Å². The molecule has 1 aliphatic rings. The second kappa shape index (κ2) is 9.35. The Hall–Kier alpha value is -3.19. The molecule has 1 fully saturated rings. The van der Waals surface area contributed by atoms with E-state index < -0.39 is 0 Å². The van der Waals surface area contributed by atoms with E-state index in [0.29, 0.717) is 16.6 Å². The summed E-state index contributed by atoms with van der Waals surface area (Å²) in [5.41, 5.74) is 4.66. The van der Waals surface area contributed by atoms with Crippen molar-refractivity contribution >= 4 is 51.9 Å². The first-order valence-corrected chi connectivity index (χ1v) is 11.9. The van der Waals surface area contributed by atoms with Crippen LogP contribution in [0.5, 0.6) is 0 Å². The number of benzene rings is 3. The van der Waals surface area contributed by atoms with Crippen molar-refractivity contribution < 1.29 is 4.79 Å². The van der Waals surface area contributed by atoms with Crippen LogP contribution in [0, 0.1) is 0 Å². The molecule has 33 heavy (non-hydrogen) atoms. The lowest BCUT2D eigenvalue weighted by Gasteiger charge is -2.14. The van der Waals surface area contributed by atoms with Crippen molar-refractivity contribution in [2.45, 2.75) is 6.54 Å². The number of carbonyl (C=O) groups excluding carboxylic acids is 1. The van der Waals surface area contributed by atoms with Crippen LogP contribution in [0.25, 0.3) is 23.0 Å². The highest BCUT2D eigenvalue weighted by molar-refractivity contribution is 8.19. The summed E-state index contributed by atoms with van der Waals surface area (Å²) in [5, 5.41) is 5.42. The largest absolute Gasteiger partial charge is 0.291 e. The van der Waals surface area contributed by atoms with Gasteiger partial charge < -0.3 is 0 Å². The fourth-order valence-electron chi connectivity index (χ4n) is 3.58. The van der Waals surface area contributed by atoms with E-state index in [1.807, 2.05) is 102 Å². The number of nitrogens with zero attached hydrogens (tertiary/aromatic N) is 3. The van der Waals surface area contributed by atoms with E-state index in [0.717, 1.165) is 44.7 Å². The number of thiocarbonyl (C=S) groups is 1. The number of aromatic nitrogens is 2. The second-order valence-electron chi connectivity index (χ2n) is 7.47. The zero-order chi connectivity index (χ0) is 22.8. The fourth-order valence-corrected chi connectivity index (χ4v) is 4.93. The minimum absolute atomic E-state index is 0.0853. The molecule has 1 aliphatic heterocycles. The predicted molar refractivity (Wildman–Crippen MR) is 140 cm³/mol. The van der Waals surface area contributed by atoms with Crippen molar-refractivity contribution in [1.82, 2.24) is 14.7 Å². The molecule has 162 valence electrons. The molecule has 0 aliphatic carbocycles. The smallest absolute Gasteiger partial charge is 0.288 e. The standard InChI is InChI=1S/C26H18ClN3OS2/c27-21-13-11-18(12-14-21)16-29-25(32)23(33-26(29)31)15-20-17-30(22-9-5-2-6-10-22)28-24(20)19-7-3-1-4-8-19/h1-15,17H,16H2. The van der Waals surface area contributed by atoms with Gasteiger partial charge >= 0.3 is 0 Å². The molecule has 1 aromatic heterocycles. The van der Waals surface area contributed by atoms with E-state index in [2.05, 4.69) is 0 Å². The van der Waals surface area contributed by atoms with Gasteiger partial charge in [0.05, 0.1) is 22.8 Å². The number of amides is 1. The normalized spacial score (nSPS) is 14.9. The van der Waals surface area contributed by atoms with Crippen LogP contribution in [0.4, 0.5) is 4.79 Å². The number of carbonyl (C=O) groups is 1. The maximum Gasteiger partial charge on any atom is 0.291 e. The SMILES string of the molecule is O=C1SC(=Cc2cn(-c3ccccc3)nc2-c2ccccc2)C(=S)N1Cc1ccc(Cl)cc1. The maximum atomic E-state index is 12.8. The Morgan fingerprint density at radius 2 is 1.61 bits per heavy atom. The van der Waals surface area contributed by atoms with Crippen molar-refractivity contribution in [1.29, 1.82) is 0 Å². The highest BCUT2D eigenvalue weighted by Gasteiger charge is 2.32. The lowest BCUT2D eigenvalue weighted by Crippen LogP contribution is -2.26. The molecule has 1 saturated heterocycles. The number of rotatable bonds is 5. The third-order valence-electron chi connectivity index (χ3n) is 5.22. The molecule has 0 unspecified atom stereocenters. The summed E-state index contributed by atoms with van der Waals surface area (Å²) in [7, 11) is 0. The van der Waals surface area contributed by atoms with Gasteiger partial charge in [0.2, 0.25) is 0 Å². The van der Waals surface area contributed by atoms with Crippen LogP contribution >= 0.6 is 35.6 Å². The van der Waals surface area contributed by atoms with Crippen LogP contribution in [0.15, 0.2) is 96.0 Å². The van der Waals surface area contributed by atoms with E-state index in [9.17, 15) is 4.79 Å². The van der Waals surface area contributed by atoms with Crippen LogP contribution in [0.1, 0.15) is 11.1 Å². The Labute approximate surface area is 206 Å². The van der Waals surface area contributed by atoms with Crippen molar-refractivity contribution in [2.24, 2.45) is 0 Å². The Balaban J connectivity index is 1.50. The zero-order valence-electron chi connectivity index (χ0n) is 17.4. The fraction of sp³-hybridized carbons (Fsp3) is 0.0385. The predicted octanol–water partition coefficient (Wildman–Crippen LogP) is 7.23. The van der Waals surface area contributed by atoms with E-state index in [-0.39, 0.29) is 5.24 Å². The van der Waals surface area contributed by atoms with Gasteiger partial charge in [0.15, 0.2) is 0 Å². The van der Waals surface area contributed by atoms with Crippen molar-refractivity contribution in [3.63, 3.8) is 0 Å². The lowest BCUT2D eigenvalue weighted by molar-refractivity contribution is 0.244. The molecule has 0 N–H and O–H groups in total. The van der Waals surface area contributed by atoms with Gasteiger partial charge in [-0.1, -0.05) is 84.5 Å². The minimum Gasteiger partial charge on any atom is -0.288 e. The molecule has 0 radical (unpaired) electrons. The van der Waals surface area contributed by atoms with Crippen molar-refractivity contribution in [3.05, 3.63) is 112 Å². The van der Waals surface area contributed by atoms with E-state index in [1.54, 1.807) is 4.90 Å². The second-order valence-corrected chi connectivity index (χ2v) is 9.29. The van der Waals surface area contributed by atoms with Crippen molar-refractivity contribution in [3.8, 4) is 16.9 Å². The topological polar surface area (TPSA) is 38.1 Å². The molecule has 0 bridgehead atoms. The molecule has 1 amide bonds. The molecule has 0 saturated carbocycles. The maximum absolute atomic E-state index is 12.8. The van der Waals surface area contributed by atoms with Gasteiger partial charge in [0, 0.05) is 22.3 Å². The summed E-state index contributed by atoms with van der Waals surface area (Å²) in [4.78, 5) is 15.6. The summed E-state index contributed by atoms with van der Waals surface area (Å²) in [6.45, 7) is 0.411. The summed E-state index contributed by atoms with van der Waals surface area (Å²) < 4.78 is 1.85. The number of thioether (sulfide) groups is 1. The number of para-hydroxylation sites is 1. The summed E-state index contributed by atoms with van der Waals surface area (Å²) in [6, 6.07) is 27.4. The highest BCUT2D eigenvalue weighted by atomic mass is 35.5. The number of hydrogen-bond acceptors (Lipinski definition) is 4. The Bertz CT molecular complexity index is 1350. The van der Waals surface area contributed by atoms with Gasteiger partial charge in [-0.15, -0.1) is 0 Å². The summed E-state index contributed by atoms with van der Waals surface area (Å²) >= 11 is 12.8. The minimum atomic E-state index is -0.0853. The molecule has 0 spiro atoms. The quantitative estimate of drug-likeness (QED) is 0.220. The average molecular weight is 488 g/mol. The molecular weight excluding hydrogens is 470 g/mol. The third kappa shape index (κ3) is 4.64. The summed E-state index contributed by atoms with van der Waals surface area (Å²) in [6.07, 6.45) is 3.93. The van der Waals surface area contributed by atoms with Crippen LogP contribution in [-0.4, -0.2) is 24.9 Å². The first-order valence-electron chi connectivity index (χ1n) is 10.3. The van der Waals surface area contributed by atoms with Gasteiger partial charge in [-0.25, -0.2) is 4.68 Å². The Kier molecular flexibility index (Phi) is 6.13. The van der Waals surface area contributed by atoms with Crippen LogP contribution in [0.2, 0.25) is 5.02 Å².